The van der Waals surface area contributed by atoms with Crippen molar-refractivity contribution in [2.24, 2.45) is 5.41 Å². The number of hydrogen-bond acceptors (Lipinski definition) is 4. The molecule has 18 heavy (non-hydrogen) atoms. The molecule has 6 nitrogen and oxygen atoms in total. The van der Waals surface area contributed by atoms with Crippen LogP contribution < -0.4 is 11.1 Å². The summed E-state index contributed by atoms with van der Waals surface area (Å²) < 4.78 is 0. The van der Waals surface area contributed by atoms with Crippen LogP contribution in [0.4, 0.5) is 11.4 Å². The first kappa shape index (κ1) is 14.0. The zero-order chi connectivity index (χ0) is 13.9. The van der Waals surface area contributed by atoms with E-state index in [2.05, 4.69) is 5.32 Å². The number of nitrogens with zero attached hydrogens (tertiary/aromatic N) is 1. The lowest BCUT2D eigenvalue weighted by Gasteiger charge is -2.18. The molecule has 0 saturated heterocycles. The van der Waals surface area contributed by atoms with Gasteiger partial charge in [0, 0.05) is 18.3 Å². The Kier molecular flexibility index (Phi) is 3.90. The molecule has 0 spiro atoms. The fourth-order valence-electron chi connectivity index (χ4n) is 1.34. The van der Waals surface area contributed by atoms with Crippen molar-refractivity contribution in [2.75, 3.05) is 12.3 Å². The molecule has 1 amide bonds. The minimum absolute atomic E-state index is 0.00995. The van der Waals surface area contributed by atoms with Crippen molar-refractivity contribution < 1.29 is 9.72 Å². The van der Waals surface area contributed by atoms with Crippen LogP contribution in [0.2, 0.25) is 0 Å². The number of nitro groups is 1. The summed E-state index contributed by atoms with van der Waals surface area (Å²) in [6.45, 7) is 6.31. The molecule has 0 atom stereocenters. The number of benzene rings is 1. The lowest BCUT2D eigenvalue weighted by molar-refractivity contribution is -0.385. The Morgan fingerprint density at radius 1 is 1.44 bits per heavy atom. The number of carbonyl (C=O) groups is 1. The summed E-state index contributed by atoms with van der Waals surface area (Å²) in [6, 6.07) is 3.95. The van der Waals surface area contributed by atoms with Gasteiger partial charge in [0.15, 0.2) is 0 Å². The Hall–Kier alpha value is -2.11. The number of nitrogens with two attached hydrogens (primary N) is 1. The highest BCUT2D eigenvalue weighted by Gasteiger charge is 2.21. The molecular formula is C12H17N3O3. The number of nitrogen functional groups attached to an aromatic ring is 1. The van der Waals surface area contributed by atoms with Crippen LogP contribution in [-0.2, 0) is 0 Å². The largest absolute Gasteiger partial charge is 0.399 e. The van der Waals surface area contributed by atoms with E-state index in [9.17, 15) is 14.9 Å². The molecule has 98 valence electrons. The second-order valence-electron chi connectivity index (χ2n) is 5.28. The van der Waals surface area contributed by atoms with Gasteiger partial charge in [0.1, 0.15) is 5.56 Å². The van der Waals surface area contributed by atoms with Crippen molar-refractivity contribution in [2.45, 2.75) is 20.8 Å². The first-order chi connectivity index (χ1) is 8.20. The Balaban J connectivity index is 2.97. The maximum atomic E-state index is 11.9. The summed E-state index contributed by atoms with van der Waals surface area (Å²) in [6.07, 6.45) is 0. The number of anilines is 1. The number of rotatable bonds is 3. The van der Waals surface area contributed by atoms with Crippen molar-refractivity contribution >= 4 is 17.3 Å². The molecule has 0 unspecified atom stereocenters. The van der Waals surface area contributed by atoms with E-state index in [-0.39, 0.29) is 16.7 Å². The van der Waals surface area contributed by atoms with Gasteiger partial charge in [-0.15, -0.1) is 0 Å². The van der Waals surface area contributed by atoms with Crippen molar-refractivity contribution in [3.63, 3.8) is 0 Å². The number of nitro benzene ring substituents is 1. The van der Waals surface area contributed by atoms with Gasteiger partial charge >= 0.3 is 0 Å². The van der Waals surface area contributed by atoms with Gasteiger partial charge in [0.25, 0.3) is 11.6 Å². The minimum atomic E-state index is -0.592. The molecule has 0 saturated carbocycles. The summed E-state index contributed by atoms with van der Waals surface area (Å²) in [4.78, 5) is 22.1. The molecule has 0 bridgehead atoms. The van der Waals surface area contributed by atoms with Crippen LogP contribution in [0, 0.1) is 15.5 Å². The summed E-state index contributed by atoms with van der Waals surface area (Å²) in [7, 11) is 0. The fourth-order valence-corrected chi connectivity index (χ4v) is 1.34. The van der Waals surface area contributed by atoms with E-state index in [1.165, 1.54) is 18.2 Å². The Bertz CT molecular complexity index is 478. The van der Waals surface area contributed by atoms with Crippen LogP contribution in [0.5, 0.6) is 0 Å². The average Bonchev–Trinajstić information content (AvgIpc) is 2.24. The van der Waals surface area contributed by atoms with E-state index in [0.717, 1.165) is 0 Å². The predicted octanol–water partition coefficient (Wildman–Crippen LogP) is 1.95. The third kappa shape index (κ3) is 3.73. The molecule has 0 aliphatic rings. The summed E-state index contributed by atoms with van der Waals surface area (Å²) in [5.74, 6) is -0.482. The van der Waals surface area contributed by atoms with Crippen molar-refractivity contribution in [3.8, 4) is 0 Å². The minimum Gasteiger partial charge on any atom is -0.399 e. The van der Waals surface area contributed by atoms with Crippen molar-refractivity contribution in [3.05, 3.63) is 33.9 Å². The van der Waals surface area contributed by atoms with Gasteiger partial charge in [-0.3, -0.25) is 14.9 Å². The normalized spacial score (nSPS) is 11.1. The number of hydrogen-bond donors (Lipinski definition) is 2. The lowest BCUT2D eigenvalue weighted by atomic mass is 9.97. The van der Waals surface area contributed by atoms with Gasteiger partial charge in [-0.2, -0.15) is 0 Å². The Morgan fingerprint density at radius 3 is 2.56 bits per heavy atom. The van der Waals surface area contributed by atoms with Crippen LogP contribution in [-0.4, -0.2) is 17.4 Å². The van der Waals surface area contributed by atoms with E-state index in [0.29, 0.717) is 12.2 Å². The molecule has 0 aliphatic carbocycles. The third-order valence-electron chi connectivity index (χ3n) is 2.24. The fraction of sp³-hybridized carbons (Fsp3) is 0.417. The molecule has 0 aliphatic heterocycles. The van der Waals surface area contributed by atoms with Crippen molar-refractivity contribution in [1.29, 1.82) is 0 Å². The molecule has 1 rings (SSSR count). The molecule has 0 radical (unpaired) electrons. The lowest BCUT2D eigenvalue weighted by Crippen LogP contribution is -2.32. The van der Waals surface area contributed by atoms with Crippen LogP contribution >= 0.6 is 0 Å². The Morgan fingerprint density at radius 2 is 2.06 bits per heavy atom. The van der Waals surface area contributed by atoms with Crippen LogP contribution in [0.1, 0.15) is 31.1 Å². The molecule has 3 N–H and O–H groups in total. The number of amides is 1. The SMILES string of the molecule is CC(C)(C)CNC(=O)c1cc(N)ccc1[N+](=O)[O-]. The number of nitrogens with one attached hydrogen (secondary N) is 1. The van der Waals surface area contributed by atoms with E-state index in [1.54, 1.807) is 0 Å². The Labute approximate surface area is 105 Å². The van der Waals surface area contributed by atoms with Crippen LogP contribution in [0.25, 0.3) is 0 Å². The molecule has 0 heterocycles. The van der Waals surface area contributed by atoms with Gasteiger partial charge < -0.3 is 11.1 Å². The van der Waals surface area contributed by atoms with Gasteiger partial charge in [-0.25, -0.2) is 0 Å². The highest BCUT2D eigenvalue weighted by Crippen LogP contribution is 2.21. The first-order valence-electron chi connectivity index (χ1n) is 5.53. The second kappa shape index (κ2) is 5.03. The quantitative estimate of drug-likeness (QED) is 0.487. The average molecular weight is 251 g/mol. The third-order valence-corrected chi connectivity index (χ3v) is 2.24. The summed E-state index contributed by atoms with van der Waals surface area (Å²) >= 11 is 0. The van der Waals surface area contributed by atoms with E-state index >= 15 is 0 Å². The van der Waals surface area contributed by atoms with Gasteiger partial charge in [0.2, 0.25) is 0 Å². The zero-order valence-corrected chi connectivity index (χ0v) is 10.7. The van der Waals surface area contributed by atoms with Crippen LogP contribution in [0.3, 0.4) is 0 Å². The molecule has 6 heteroatoms. The standard InChI is InChI=1S/C12H17N3O3/c1-12(2,3)7-14-11(16)9-6-8(13)4-5-10(9)15(17)18/h4-6H,7,13H2,1-3H3,(H,14,16). The molecule has 1 aromatic carbocycles. The predicted molar refractivity (Wildman–Crippen MR) is 69.3 cm³/mol. The van der Waals surface area contributed by atoms with Gasteiger partial charge in [-0.05, 0) is 17.5 Å². The zero-order valence-electron chi connectivity index (χ0n) is 10.7. The van der Waals surface area contributed by atoms with E-state index in [4.69, 9.17) is 5.73 Å². The second-order valence-corrected chi connectivity index (χ2v) is 5.28. The topological polar surface area (TPSA) is 98.3 Å². The maximum Gasteiger partial charge on any atom is 0.282 e. The van der Waals surface area contributed by atoms with Crippen molar-refractivity contribution in [1.82, 2.24) is 5.32 Å². The molecular weight excluding hydrogens is 234 g/mol. The molecule has 1 aromatic rings. The van der Waals surface area contributed by atoms with E-state index in [1.807, 2.05) is 20.8 Å². The maximum absolute atomic E-state index is 11.9. The van der Waals surface area contributed by atoms with Gasteiger partial charge in [-0.1, -0.05) is 20.8 Å². The summed E-state index contributed by atoms with van der Waals surface area (Å²) in [5, 5.41) is 13.5. The highest BCUT2D eigenvalue weighted by molar-refractivity contribution is 5.99. The van der Waals surface area contributed by atoms with Crippen LogP contribution in [0.15, 0.2) is 18.2 Å². The van der Waals surface area contributed by atoms with E-state index < -0.39 is 10.8 Å². The monoisotopic (exact) mass is 251 g/mol. The molecule has 0 fully saturated rings. The summed E-state index contributed by atoms with van der Waals surface area (Å²) in [5.41, 5.74) is 5.52. The number of carbonyl (C=O) groups excluding carboxylic acids is 1. The smallest absolute Gasteiger partial charge is 0.282 e. The highest BCUT2D eigenvalue weighted by atomic mass is 16.6. The molecule has 0 aromatic heterocycles. The van der Waals surface area contributed by atoms with Gasteiger partial charge in [0.05, 0.1) is 4.92 Å². The first-order valence-corrected chi connectivity index (χ1v) is 5.53.